The third-order valence-electron chi connectivity index (χ3n) is 6.44. The second kappa shape index (κ2) is 8.53. The Hall–Kier alpha value is -3.15. The highest BCUT2D eigenvalue weighted by molar-refractivity contribution is 6.10. The summed E-state index contributed by atoms with van der Waals surface area (Å²) in [5, 5.41) is 2.80. The maximum atomic E-state index is 13.4. The first kappa shape index (κ1) is 21.1. The van der Waals surface area contributed by atoms with Gasteiger partial charge in [-0.15, -0.1) is 0 Å². The van der Waals surface area contributed by atoms with E-state index < -0.39 is 17.5 Å². The zero-order valence-electron chi connectivity index (χ0n) is 18.1. The van der Waals surface area contributed by atoms with Gasteiger partial charge in [-0.2, -0.15) is 0 Å². The maximum absolute atomic E-state index is 13.4. The average molecular weight is 420 g/mol. The van der Waals surface area contributed by atoms with Gasteiger partial charge in [-0.25, -0.2) is 4.79 Å². The maximum Gasteiger partial charge on any atom is 0.325 e. The van der Waals surface area contributed by atoms with Crippen molar-refractivity contribution >= 4 is 23.5 Å². The SMILES string of the molecule is Cc1ccc([C@]2(C)NC(=O)N(CC(=O)N(c3ccccc3)C3CCCCC3)C2=O)cc1. The van der Waals surface area contributed by atoms with E-state index in [1.165, 1.54) is 6.42 Å². The number of rotatable bonds is 5. The summed E-state index contributed by atoms with van der Waals surface area (Å²) in [5.74, 6) is -0.624. The lowest BCUT2D eigenvalue weighted by atomic mass is 9.91. The minimum Gasteiger partial charge on any atom is -0.319 e. The van der Waals surface area contributed by atoms with Crippen molar-refractivity contribution in [3.8, 4) is 0 Å². The second-order valence-electron chi connectivity index (χ2n) is 8.70. The molecule has 2 aromatic carbocycles. The number of carbonyl (C=O) groups excluding carboxylic acids is 3. The Morgan fingerprint density at radius 1 is 1.03 bits per heavy atom. The normalized spacial score (nSPS) is 21.8. The van der Waals surface area contributed by atoms with Crippen LogP contribution in [0.4, 0.5) is 10.5 Å². The number of para-hydroxylation sites is 1. The van der Waals surface area contributed by atoms with Crippen LogP contribution >= 0.6 is 0 Å². The molecule has 0 unspecified atom stereocenters. The van der Waals surface area contributed by atoms with Crippen LogP contribution in [0.1, 0.15) is 50.2 Å². The molecule has 2 fully saturated rings. The summed E-state index contributed by atoms with van der Waals surface area (Å²) in [7, 11) is 0. The minimum absolute atomic E-state index is 0.0906. The van der Waals surface area contributed by atoms with Crippen LogP contribution in [0.3, 0.4) is 0 Å². The molecular weight excluding hydrogens is 390 g/mol. The molecule has 6 nitrogen and oxygen atoms in total. The predicted octanol–water partition coefficient (Wildman–Crippen LogP) is 4.13. The molecule has 0 spiro atoms. The summed E-state index contributed by atoms with van der Waals surface area (Å²) in [6.07, 6.45) is 5.20. The molecule has 6 heteroatoms. The van der Waals surface area contributed by atoms with Crippen LogP contribution in [-0.2, 0) is 15.1 Å². The van der Waals surface area contributed by atoms with Gasteiger partial charge >= 0.3 is 6.03 Å². The molecule has 2 aromatic rings. The van der Waals surface area contributed by atoms with Crippen molar-refractivity contribution in [1.29, 1.82) is 0 Å². The average Bonchev–Trinajstić information content (AvgIpc) is 3.00. The monoisotopic (exact) mass is 419 g/mol. The summed E-state index contributed by atoms with van der Waals surface area (Å²) < 4.78 is 0. The Labute approximate surface area is 183 Å². The van der Waals surface area contributed by atoms with Crippen molar-refractivity contribution in [2.75, 3.05) is 11.4 Å². The predicted molar refractivity (Wildman–Crippen MR) is 120 cm³/mol. The summed E-state index contributed by atoms with van der Waals surface area (Å²) in [4.78, 5) is 42.3. The van der Waals surface area contributed by atoms with Gasteiger partial charge in [0.1, 0.15) is 12.1 Å². The van der Waals surface area contributed by atoms with E-state index in [4.69, 9.17) is 0 Å². The van der Waals surface area contributed by atoms with Crippen LogP contribution in [0.15, 0.2) is 54.6 Å². The summed E-state index contributed by atoms with van der Waals surface area (Å²) in [5.41, 5.74) is 1.42. The fourth-order valence-electron chi connectivity index (χ4n) is 4.62. The van der Waals surface area contributed by atoms with Gasteiger partial charge in [0.15, 0.2) is 0 Å². The third kappa shape index (κ3) is 4.07. The lowest BCUT2D eigenvalue weighted by molar-refractivity contribution is -0.134. The van der Waals surface area contributed by atoms with Crippen molar-refractivity contribution in [1.82, 2.24) is 10.2 Å². The van der Waals surface area contributed by atoms with E-state index in [0.717, 1.165) is 41.8 Å². The first-order valence-electron chi connectivity index (χ1n) is 11.0. The zero-order valence-corrected chi connectivity index (χ0v) is 18.1. The Balaban J connectivity index is 1.57. The second-order valence-corrected chi connectivity index (χ2v) is 8.70. The lowest BCUT2D eigenvalue weighted by Gasteiger charge is -2.35. The number of benzene rings is 2. The molecule has 1 saturated carbocycles. The molecule has 162 valence electrons. The van der Waals surface area contributed by atoms with E-state index in [2.05, 4.69) is 5.32 Å². The Bertz CT molecular complexity index is 967. The number of carbonyl (C=O) groups is 3. The van der Waals surface area contributed by atoms with Gasteiger partial charge in [0.25, 0.3) is 5.91 Å². The number of hydrogen-bond acceptors (Lipinski definition) is 3. The number of nitrogens with one attached hydrogen (secondary N) is 1. The first-order valence-corrected chi connectivity index (χ1v) is 11.0. The van der Waals surface area contributed by atoms with Crippen LogP contribution in [0.2, 0.25) is 0 Å². The van der Waals surface area contributed by atoms with E-state index in [1.807, 2.05) is 61.5 Å². The van der Waals surface area contributed by atoms with Crippen molar-refractivity contribution in [2.24, 2.45) is 0 Å². The third-order valence-corrected chi connectivity index (χ3v) is 6.44. The smallest absolute Gasteiger partial charge is 0.319 e. The lowest BCUT2D eigenvalue weighted by Crippen LogP contribution is -2.48. The number of amides is 4. The standard InChI is InChI=1S/C25H29N3O3/c1-18-13-15-19(16-14-18)25(2)23(30)27(24(31)26-25)17-22(29)28(20-9-5-3-6-10-20)21-11-7-4-8-12-21/h3,5-6,9-10,13-16,21H,4,7-8,11-12,17H2,1-2H3,(H,26,31)/t25-/m0/s1. The summed E-state index contributed by atoms with van der Waals surface area (Å²) in [6.45, 7) is 3.39. The van der Waals surface area contributed by atoms with Crippen LogP contribution < -0.4 is 10.2 Å². The van der Waals surface area contributed by atoms with E-state index in [-0.39, 0.29) is 18.5 Å². The molecule has 1 atom stereocenters. The van der Waals surface area contributed by atoms with Crippen molar-refractivity contribution < 1.29 is 14.4 Å². The van der Waals surface area contributed by atoms with Gasteiger partial charge in [0, 0.05) is 11.7 Å². The largest absolute Gasteiger partial charge is 0.325 e. The fraction of sp³-hybridized carbons (Fsp3) is 0.400. The highest BCUT2D eigenvalue weighted by Gasteiger charge is 2.50. The van der Waals surface area contributed by atoms with Crippen LogP contribution in [0.5, 0.6) is 0 Å². The molecule has 2 aliphatic rings. The van der Waals surface area contributed by atoms with Gasteiger partial charge in [-0.3, -0.25) is 14.5 Å². The molecule has 1 heterocycles. The molecule has 1 N–H and O–H groups in total. The molecule has 0 radical (unpaired) electrons. The molecular formula is C25H29N3O3. The minimum atomic E-state index is -1.17. The van der Waals surface area contributed by atoms with E-state index >= 15 is 0 Å². The van der Waals surface area contributed by atoms with Gasteiger partial charge in [0.2, 0.25) is 5.91 Å². The zero-order chi connectivity index (χ0) is 22.0. The highest BCUT2D eigenvalue weighted by atomic mass is 16.2. The molecule has 1 aliphatic carbocycles. The molecule has 1 aliphatic heterocycles. The topological polar surface area (TPSA) is 69.7 Å². The molecule has 0 aromatic heterocycles. The Morgan fingerprint density at radius 2 is 1.68 bits per heavy atom. The Morgan fingerprint density at radius 3 is 2.32 bits per heavy atom. The number of anilines is 1. The van der Waals surface area contributed by atoms with Crippen LogP contribution in [-0.4, -0.2) is 35.3 Å². The molecule has 31 heavy (non-hydrogen) atoms. The number of urea groups is 1. The number of hydrogen-bond donors (Lipinski definition) is 1. The Kier molecular flexibility index (Phi) is 5.81. The van der Waals surface area contributed by atoms with Crippen molar-refractivity contribution in [2.45, 2.75) is 57.5 Å². The van der Waals surface area contributed by atoms with Crippen molar-refractivity contribution in [3.05, 3.63) is 65.7 Å². The van der Waals surface area contributed by atoms with Crippen molar-refractivity contribution in [3.63, 3.8) is 0 Å². The van der Waals surface area contributed by atoms with E-state index in [1.54, 1.807) is 11.8 Å². The molecule has 4 amide bonds. The number of nitrogens with zero attached hydrogens (tertiary/aromatic N) is 2. The van der Waals surface area contributed by atoms with Gasteiger partial charge in [-0.05, 0) is 44.4 Å². The number of imide groups is 1. The quantitative estimate of drug-likeness (QED) is 0.741. The molecule has 1 saturated heterocycles. The summed E-state index contributed by atoms with van der Waals surface area (Å²) >= 11 is 0. The first-order chi connectivity index (χ1) is 14.9. The molecule has 4 rings (SSSR count). The highest BCUT2D eigenvalue weighted by Crippen LogP contribution is 2.31. The van der Waals surface area contributed by atoms with Crippen LogP contribution in [0.25, 0.3) is 0 Å². The van der Waals surface area contributed by atoms with Gasteiger partial charge in [-0.1, -0.05) is 67.3 Å². The van der Waals surface area contributed by atoms with Gasteiger partial charge in [0.05, 0.1) is 0 Å². The summed E-state index contributed by atoms with van der Waals surface area (Å²) in [6, 6.07) is 16.6. The fourth-order valence-corrected chi connectivity index (χ4v) is 4.62. The van der Waals surface area contributed by atoms with Gasteiger partial charge < -0.3 is 10.2 Å². The van der Waals surface area contributed by atoms with E-state index in [9.17, 15) is 14.4 Å². The van der Waals surface area contributed by atoms with Crippen LogP contribution in [0, 0.1) is 6.92 Å². The number of aryl methyl sites for hydroxylation is 1. The van der Waals surface area contributed by atoms with E-state index in [0.29, 0.717) is 5.56 Å². The molecule has 0 bridgehead atoms.